The molecule has 1 amide bonds. The van der Waals surface area contributed by atoms with Gasteiger partial charge in [0.15, 0.2) is 0 Å². The number of rotatable bonds is 6. The molecular formula is C13H20BrN3OS. The Morgan fingerprint density at radius 3 is 2.89 bits per heavy atom. The standard InChI is InChI=1S/C13H20BrN3OS/c1-9(5-6-19-4)17(3)13(18)11-7-10(14)8-16-12(11)15-2/h7-9H,5-6H2,1-4H3,(H,15,16). The second-order valence-corrected chi connectivity index (χ2v) is 6.25. The Morgan fingerprint density at radius 2 is 2.32 bits per heavy atom. The van der Waals surface area contributed by atoms with Gasteiger partial charge < -0.3 is 10.2 Å². The van der Waals surface area contributed by atoms with E-state index in [0.717, 1.165) is 16.6 Å². The topological polar surface area (TPSA) is 45.2 Å². The minimum Gasteiger partial charge on any atom is -0.372 e. The zero-order chi connectivity index (χ0) is 14.4. The van der Waals surface area contributed by atoms with Gasteiger partial charge in [-0.2, -0.15) is 11.8 Å². The Labute approximate surface area is 127 Å². The zero-order valence-corrected chi connectivity index (χ0v) is 14.1. The summed E-state index contributed by atoms with van der Waals surface area (Å²) in [6.45, 7) is 2.07. The number of hydrogen-bond acceptors (Lipinski definition) is 4. The molecule has 4 nitrogen and oxygen atoms in total. The van der Waals surface area contributed by atoms with E-state index in [4.69, 9.17) is 0 Å². The van der Waals surface area contributed by atoms with Gasteiger partial charge in [0.2, 0.25) is 0 Å². The van der Waals surface area contributed by atoms with E-state index in [-0.39, 0.29) is 11.9 Å². The number of nitrogens with one attached hydrogen (secondary N) is 1. The van der Waals surface area contributed by atoms with Crippen molar-refractivity contribution in [3.63, 3.8) is 0 Å². The molecule has 0 aliphatic heterocycles. The fraction of sp³-hybridized carbons (Fsp3) is 0.538. The summed E-state index contributed by atoms with van der Waals surface area (Å²) < 4.78 is 0.806. The van der Waals surface area contributed by atoms with E-state index in [1.807, 2.05) is 7.05 Å². The quantitative estimate of drug-likeness (QED) is 0.860. The van der Waals surface area contributed by atoms with Crippen LogP contribution in [0.4, 0.5) is 5.82 Å². The van der Waals surface area contributed by atoms with Crippen molar-refractivity contribution in [3.05, 3.63) is 22.3 Å². The Bertz CT molecular complexity index is 442. The molecule has 0 bridgehead atoms. The van der Waals surface area contributed by atoms with Crippen LogP contribution in [0.15, 0.2) is 16.7 Å². The predicted octanol–water partition coefficient (Wildman–Crippen LogP) is 3.10. The molecule has 6 heteroatoms. The maximum absolute atomic E-state index is 12.5. The summed E-state index contributed by atoms with van der Waals surface area (Å²) in [7, 11) is 3.61. The van der Waals surface area contributed by atoms with Crippen molar-refractivity contribution in [3.8, 4) is 0 Å². The highest BCUT2D eigenvalue weighted by molar-refractivity contribution is 9.10. The van der Waals surface area contributed by atoms with Gasteiger partial charge in [0.05, 0.1) is 5.56 Å². The van der Waals surface area contributed by atoms with E-state index < -0.39 is 0 Å². The van der Waals surface area contributed by atoms with Crippen molar-refractivity contribution in [2.24, 2.45) is 0 Å². The number of carbonyl (C=O) groups is 1. The Hall–Kier alpha value is -0.750. The average Bonchev–Trinajstić information content (AvgIpc) is 2.42. The van der Waals surface area contributed by atoms with Crippen molar-refractivity contribution in [2.45, 2.75) is 19.4 Å². The lowest BCUT2D eigenvalue weighted by Crippen LogP contribution is -2.35. The Morgan fingerprint density at radius 1 is 1.63 bits per heavy atom. The SMILES string of the molecule is CNc1ncc(Br)cc1C(=O)N(C)C(C)CCSC. The summed E-state index contributed by atoms with van der Waals surface area (Å²) >= 11 is 5.15. The van der Waals surface area contributed by atoms with Crippen molar-refractivity contribution in [2.75, 3.05) is 31.4 Å². The lowest BCUT2D eigenvalue weighted by atomic mass is 10.1. The number of thioether (sulfide) groups is 1. The third-order valence-corrected chi connectivity index (χ3v) is 4.12. The summed E-state index contributed by atoms with van der Waals surface area (Å²) in [5.74, 6) is 1.65. The molecule has 0 saturated carbocycles. The van der Waals surface area contributed by atoms with Crippen molar-refractivity contribution < 1.29 is 4.79 Å². The molecule has 1 atom stereocenters. The highest BCUT2D eigenvalue weighted by Crippen LogP contribution is 2.20. The molecule has 1 unspecified atom stereocenters. The smallest absolute Gasteiger partial charge is 0.257 e. The number of hydrogen-bond donors (Lipinski definition) is 1. The summed E-state index contributed by atoms with van der Waals surface area (Å²) in [5, 5.41) is 2.96. The first-order chi connectivity index (χ1) is 9.01. The highest BCUT2D eigenvalue weighted by atomic mass is 79.9. The Kier molecular flexibility index (Phi) is 6.65. The first-order valence-corrected chi connectivity index (χ1v) is 8.29. The molecule has 1 aromatic rings. The van der Waals surface area contributed by atoms with Crippen molar-refractivity contribution in [1.29, 1.82) is 0 Å². The number of halogens is 1. The maximum Gasteiger partial charge on any atom is 0.257 e. The highest BCUT2D eigenvalue weighted by Gasteiger charge is 2.20. The number of nitrogens with zero attached hydrogens (tertiary/aromatic N) is 2. The summed E-state index contributed by atoms with van der Waals surface area (Å²) in [6.07, 6.45) is 4.74. The van der Waals surface area contributed by atoms with Crippen LogP contribution in [-0.2, 0) is 0 Å². The number of aromatic nitrogens is 1. The van der Waals surface area contributed by atoms with Crippen LogP contribution in [0.3, 0.4) is 0 Å². The third-order valence-electron chi connectivity index (χ3n) is 3.04. The van der Waals surface area contributed by atoms with E-state index in [2.05, 4.69) is 39.4 Å². The second-order valence-electron chi connectivity index (χ2n) is 4.35. The van der Waals surface area contributed by atoms with Crippen LogP contribution < -0.4 is 5.32 Å². The fourth-order valence-electron chi connectivity index (χ4n) is 1.67. The van der Waals surface area contributed by atoms with Crippen LogP contribution in [0.2, 0.25) is 0 Å². The van der Waals surface area contributed by atoms with Crippen LogP contribution in [0, 0.1) is 0 Å². The van der Waals surface area contributed by atoms with E-state index in [1.165, 1.54) is 0 Å². The van der Waals surface area contributed by atoms with Crippen LogP contribution in [0.25, 0.3) is 0 Å². The monoisotopic (exact) mass is 345 g/mol. The lowest BCUT2D eigenvalue weighted by molar-refractivity contribution is 0.0742. The maximum atomic E-state index is 12.5. The summed E-state index contributed by atoms with van der Waals surface area (Å²) in [6, 6.07) is 2.02. The molecule has 0 aromatic carbocycles. The van der Waals surface area contributed by atoms with E-state index in [1.54, 1.807) is 36.0 Å². The second kappa shape index (κ2) is 7.75. The molecule has 0 aliphatic rings. The van der Waals surface area contributed by atoms with Crippen LogP contribution in [0.5, 0.6) is 0 Å². The lowest BCUT2D eigenvalue weighted by Gasteiger charge is -2.25. The molecule has 1 aromatic heterocycles. The van der Waals surface area contributed by atoms with E-state index >= 15 is 0 Å². The fourth-order valence-corrected chi connectivity index (χ4v) is 2.58. The molecule has 0 spiro atoms. The predicted molar refractivity (Wildman–Crippen MR) is 86.0 cm³/mol. The van der Waals surface area contributed by atoms with Gasteiger partial charge in [0.25, 0.3) is 5.91 Å². The van der Waals surface area contributed by atoms with Crippen LogP contribution >= 0.6 is 27.7 Å². The van der Waals surface area contributed by atoms with Gasteiger partial charge in [0.1, 0.15) is 5.82 Å². The van der Waals surface area contributed by atoms with Gasteiger partial charge in [-0.3, -0.25) is 4.79 Å². The summed E-state index contributed by atoms with van der Waals surface area (Å²) in [4.78, 5) is 18.5. The first-order valence-electron chi connectivity index (χ1n) is 6.10. The largest absolute Gasteiger partial charge is 0.372 e. The molecule has 106 valence electrons. The Balaban J connectivity index is 2.89. The molecule has 19 heavy (non-hydrogen) atoms. The molecular weight excluding hydrogens is 326 g/mol. The number of amides is 1. The van der Waals surface area contributed by atoms with Crippen LogP contribution in [-0.4, -0.2) is 47.9 Å². The minimum absolute atomic E-state index is 0.00764. The van der Waals surface area contributed by atoms with E-state index in [9.17, 15) is 4.79 Å². The molecule has 0 saturated heterocycles. The molecule has 1 heterocycles. The van der Waals surface area contributed by atoms with Gasteiger partial charge >= 0.3 is 0 Å². The number of carbonyl (C=O) groups excluding carboxylic acids is 1. The number of pyridine rings is 1. The van der Waals surface area contributed by atoms with Crippen molar-refractivity contribution in [1.82, 2.24) is 9.88 Å². The van der Waals surface area contributed by atoms with E-state index in [0.29, 0.717) is 11.4 Å². The van der Waals surface area contributed by atoms with Gasteiger partial charge in [-0.05, 0) is 47.3 Å². The average molecular weight is 346 g/mol. The van der Waals surface area contributed by atoms with Gasteiger partial charge in [-0.25, -0.2) is 4.98 Å². The zero-order valence-electron chi connectivity index (χ0n) is 11.7. The molecule has 1 rings (SSSR count). The van der Waals surface area contributed by atoms with Gasteiger partial charge in [-0.1, -0.05) is 0 Å². The van der Waals surface area contributed by atoms with Crippen molar-refractivity contribution >= 4 is 39.4 Å². The van der Waals surface area contributed by atoms with Crippen LogP contribution in [0.1, 0.15) is 23.7 Å². The van der Waals surface area contributed by atoms with Gasteiger partial charge in [-0.15, -0.1) is 0 Å². The molecule has 0 fully saturated rings. The molecule has 0 aliphatic carbocycles. The first kappa shape index (κ1) is 16.3. The number of anilines is 1. The third kappa shape index (κ3) is 4.38. The summed E-state index contributed by atoms with van der Waals surface area (Å²) in [5.41, 5.74) is 0.593. The molecule has 1 N–H and O–H groups in total. The minimum atomic E-state index is -0.00764. The molecule has 0 radical (unpaired) electrons. The normalized spacial score (nSPS) is 12.1. The van der Waals surface area contributed by atoms with Gasteiger partial charge in [0, 0.05) is 30.8 Å².